The minimum Gasteiger partial charge on any atom is -0.0877 e. The van der Waals surface area contributed by atoms with E-state index in [-0.39, 0.29) is 5.41 Å². The topological polar surface area (TPSA) is 0 Å². The van der Waals surface area contributed by atoms with Crippen molar-refractivity contribution in [1.29, 1.82) is 0 Å². The molecule has 0 atom stereocenters. The standard InChI is InChI=1S/C10H18/c1-6-7-8-9(2)10(3,4)5/h6-8H,1-5H3/b7-6+,9-8+/i6D. The quantitative estimate of drug-likeness (QED) is 0.487. The molecule has 0 N–H and O–H groups in total. The van der Waals surface area contributed by atoms with E-state index in [1.165, 1.54) is 5.57 Å². The van der Waals surface area contributed by atoms with Gasteiger partial charge in [0.1, 0.15) is 0 Å². The number of allylic oxidation sites excluding steroid dienone is 4. The molecule has 0 spiro atoms. The van der Waals surface area contributed by atoms with E-state index in [0.717, 1.165) is 0 Å². The first kappa shape index (κ1) is 7.59. The zero-order chi connectivity index (χ0) is 9.07. The van der Waals surface area contributed by atoms with Crippen molar-refractivity contribution < 1.29 is 1.37 Å². The lowest BCUT2D eigenvalue weighted by Gasteiger charge is -2.18. The first-order valence-electron chi connectivity index (χ1n) is 4.16. The Morgan fingerprint density at radius 3 is 2.20 bits per heavy atom. The molecule has 0 radical (unpaired) electrons. The first-order valence-corrected chi connectivity index (χ1v) is 3.66. The molecule has 0 aliphatic rings. The Labute approximate surface area is 66.0 Å². The van der Waals surface area contributed by atoms with Gasteiger partial charge in [-0.2, -0.15) is 0 Å². The molecule has 0 unspecified atom stereocenters. The Morgan fingerprint density at radius 1 is 1.40 bits per heavy atom. The van der Waals surface area contributed by atoms with Gasteiger partial charge in [-0.05, 0) is 19.3 Å². The summed E-state index contributed by atoms with van der Waals surface area (Å²) in [6.45, 7) is 10.4. The van der Waals surface area contributed by atoms with Crippen LogP contribution in [-0.2, 0) is 0 Å². The normalized spacial score (nSPS) is 17.1. The summed E-state index contributed by atoms with van der Waals surface area (Å²) in [5.74, 6) is 0. The van der Waals surface area contributed by atoms with E-state index in [1.807, 2.05) is 12.2 Å². The van der Waals surface area contributed by atoms with Crippen LogP contribution in [0.1, 0.15) is 36.0 Å². The Balaban J connectivity index is 4.36. The molecule has 0 rings (SSSR count). The van der Waals surface area contributed by atoms with Gasteiger partial charge in [0.05, 0.1) is 1.37 Å². The molecule has 58 valence electrons. The number of hydrogen-bond donors (Lipinski definition) is 0. The lowest BCUT2D eigenvalue weighted by molar-refractivity contribution is 0.504. The fourth-order valence-corrected chi connectivity index (χ4v) is 0.458. The van der Waals surface area contributed by atoms with E-state index in [1.54, 1.807) is 6.92 Å². The van der Waals surface area contributed by atoms with Gasteiger partial charge >= 0.3 is 0 Å². The van der Waals surface area contributed by atoms with Gasteiger partial charge in [0.25, 0.3) is 0 Å². The molecular formula is C10H18. The van der Waals surface area contributed by atoms with Gasteiger partial charge in [0.15, 0.2) is 0 Å². The summed E-state index contributed by atoms with van der Waals surface area (Å²) < 4.78 is 7.19. The highest BCUT2D eigenvalue weighted by atomic mass is 14.2. The fourth-order valence-electron chi connectivity index (χ4n) is 0.458. The van der Waals surface area contributed by atoms with Crippen LogP contribution in [-0.4, -0.2) is 0 Å². The molecule has 0 bridgehead atoms. The zero-order valence-corrected chi connectivity index (χ0v) is 7.65. The van der Waals surface area contributed by atoms with Gasteiger partial charge in [0, 0.05) is 0 Å². The first-order chi connectivity index (χ1) is 4.84. The van der Waals surface area contributed by atoms with Crippen LogP contribution in [0.4, 0.5) is 0 Å². The average Bonchev–Trinajstić information content (AvgIpc) is 1.80. The van der Waals surface area contributed by atoms with Gasteiger partial charge in [-0.3, -0.25) is 0 Å². The van der Waals surface area contributed by atoms with Gasteiger partial charge < -0.3 is 0 Å². The van der Waals surface area contributed by atoms with Crippen molar-refractivity contribution in [3.05, 3.63) is 23.8 Å². The third kappa shape index (κ3) is 3.49. The molecule has 0 aromatic rings. The van der Waals surface area contributed by atoms with Crippen LogP contribution in [0.25, 0.3) is 0 Å². The Morgan fingerprint density at radius 2 is 1.90 bits per heavy atom. The minimum absolute atomic E-state index is 0.228. The zero-order valence-electron chi connectivity index (χ0n) is 8.65. The van der Waals surface area contributed by atoms with E-state index in [9.17, 15) is 0 Å². The van der Waals surface area contributed by atoms with Gasteiger partial charge in [-0.15, -0.1) is 0 Å². The van der Waals surface area contributed by atoms with E-state index in [4.69, 9.17) is 1.37 Å². The maximum atomic E-state index is 7.19. The maximum Gasteiger partial charge on any atom is 0.0573 e. The third-order valence-electron chi connectivity index (χ3n) is 1.68. The predicted molar refractivity (Wildman–Crippen MR) is 48.0 cm³/mol. The van der Waals surface area contributed by atoms with Crippen LogP contribution in [0.3, 0.4) is 0 Å². The lowest BCUT2D eigenvalue weighted by Crippen LogP contribution is -2.05. The van der Waals surface area contributed by atoms with Crippen LogP contribution in [0.15, 0.2) is 23.8 Å². The van der Waals surface area contributed by atoms with E-state index >= 15 is 0 Å². The largest absolute Gasteiger partial charge is 0.0877 e. The van der Waals surface area contributed by atoms with Crippen LogP contribution in [0.2, 0.25) is 0 Å². The molecule has 0 saturated heterocycles. The highest BCUT2D eigenvalue weighted by Crippen LogP contribution is 2.23. The number of hydrogen-bond acceptors (Lipinski definition) is 0. The molecule has 0 amide bonds. The fraction of sp³-hybridized carbons (Fsp3) is 0.600. The molecule has 0 nitrogen and oxygen atoms in total. The van der Waals surface area contributed by atoms with Crippen LogP contribution >= 0.6 is 0 Å². The minimum atomic E-state index is 0.228. The van der Waals surface area contributed by atoms with E-state index < -0.39 is 0 Å². The van der Waals surface area contributed by atoms with Gasteiger partial charge in [0.2, 0.25) is 0 Å². The second-order valence-electron chi connectivity index (χ2n) is 3.56. The smallest absolute Gasteiger partial charge is 0.0573 e. The predicted octanol–water partition coefficient (Wildman–Crippen LogP) is 3.55. The van der Waals surface area contributed by atoms with Crippen molar-refractivity contribution in [1.82, 2.24) is 0 Å². The van der Waals surface area contributed by atoms with Crippen LogP contribution in [0.5, 0.6) is 0 Å². The lowest BCUT2D eigenvalue weighted by atomic mass is 9.87. The molecule has 0 aliphatic heterocycles. The molecular weight excluding hydrogens is 120 g/mol. The van der Waals surface area contributed by atoms with Crippen molar-refractivity contribution >= 4 is 0 Å². The van der Waals surface area contributed by atoms with Crippen molar-refractivity contribution in [3.63, 3.8) is 0 Å². The van der Waals surface area contributed by atoms with Crippen molar-refractivity contribution in [2.75, 3.05) is 0 Å². The summed E-state index contributed by atoms with van der Waals surface area (Å²) in [4.78, 5) is 0. The van der Waals surface area contributed by atoms with Crippen molar-refractivity contribution in [2.24, 2.45) is 5.41 Å². The molecule has 0 aliphatic carbocycles. The summed E-state index contributed by atoms with van der Waals surface area (Å²) in [6.07, 6.45) is 3.85. The SMILES string of the molecule is [2H]/C(C)=C\C=C(/C)C(C)(C)C. The molecule has 0 heteroatoms. The Bertz CT molecular complexity index is 176. The molecule has 0 aromatic heterocycles. The summed E-state index contributed by atoms with van der Waals surface area (Å²) >= 11 is 0. The van der Waals surface area contributed by atoms with E-state index in [2.05, 4.69) is 27.7 Å². The maximum absolute atomic E-state index is 7.19. The van der Waals surface area contributed by atoms with Gasteiger partial charge in [-0.1, -0.05) is 44.5 Å². The summed E-state index contributed by atoms with van der Waals surface area (Å²) in [7, 11) is 0. The molecule has 0 fully saturated rings. The Kier molecular flexibility index (Phi) is 2.73. The van der Waals surface area contributed by atoms with Crippen molar-refractivity contribution in [2.45, 2.75) is 34.6 Å². The summed E-state index contributed by atoms with van der Waals surface area (Å²) in [5.41, 5.74) is 1.54. The number of rotatable bonds is 1. The Hall–Kier alpha value is -0.520. The van der Waals surface area contributed by atoms with Crippen LogP contribution < -0.4 is 0 Å². The second-order valence-corrected chi connectivity index (χ2v) is 3.56. The molecule has 0 saturated carbocycles. The molecule has 0 aromatic carbocycles. The van der Waals surface area contributed by atoms with E-state index in [0.29, 0.717) is 6.05 Å². The highest BCUT2D eigenvalue weighted by molar-refractivity contribution is 5.15. The van der Waals surface area contributed by atoms with Gasteiger partial charge in [-0.25, -0.2) is 0 Å². The highest BCUT2D eigenvalue weighted by Gasteiger charge is 2.10. The average molecular weight is 139 g/mol. The van der Waals surface area contributed by atoms with Crippen LogP contribution in [0, 0.1) is 5.41 Å². The summed E-state index contributed by atoms with van der Waals surface area (Å²) in [6, 6.07) is 0.605. The monoisotopic (exact) mass is 139 g/mol. The third-order valence-corrected chi connectivity index (χ3v) is 1.68. The second kappa shape index (κ2) is 3.60. The van der Waals surface area contributed by atoms with Crippen molar-refractivity contribution in [3.8, 4) is 0 Å². The molecule has 0 heterocycles. The molecule has 10 heavy (non-hydrogen) atoms. The summed E-state index contributed by atoms with van der Waals surface area (Å²) in [5, 5.41) is 0.